The highest BCUT2D eigenvalue weighted by Crippen LogP contribution is 2.38. The lowest BCUT2D eigenvalue weighted by Crippen LogP contribution is -2.48. The number of hydrogen-bond donors (Lipinski definition) is 1. The van der Waals surface area contributed by atoms with Gasteiger partial charge in [-0.1, -0.05) is 6.07 Å². The number of rotatable bonds is 3. The Bertz CT molecular complexity index is 984. The number of nitrogens with one attached hydrogen (secondary N) is 1. The van der Waals surface area contributed by atoms with Gasteiger partial charge in [0.2, 0.25) is 0 Å². The van der Waals surface area contributed by atoms with Crippen LogP contribution in [0.5, 0.6) is 0 Å². The van der Waals surface area contributed by atoms with Crippen molar-refractivity contribution in [2.24, 2.45) is 0 Å². The second-order valence-corrected chi connectivity index (χ2v) is 9.18. The first kappa shape index (κ1) is 22.0. The Kier molecular flexibility index (Phi) is 6.37. The van der Waals surface area contributed by atoms with Crippen LogP contribution in [0.4, 0.5) is 27.7 Å². The van der Waals surface area contributed by atoms with Crippen LogP contribution >= 0.6 is 0 Å². The van der Waals surface area contributed by atoms with Gasteiger partial charge in [-0.05, 0) is 51.0 Å². The Morgan fingerprint density at radius 3 is 2.70 bits per heavy atom. The number of ether oxygens (including phenoxy) is 2. The molecular weight excluding hydrogens is 418 g/mol. The molecule has 0 saturated carbocycles. The predicted octanol–water partition coefficient (Wildman–Crippen LogP) is 3.99. The van der Waals surface area contributed by atoms with Crippen LogP contribution in [0, 0.1) is 0 Å². The number of anilines is 4. The van der Waals surface area contributed by atoms with Crippen LogP contribution in [-0.4, -0.2) is 67.5 Å². The topological polar surface area (TPSA) is 70.2 Å². The maximum Gasteiger partial charge on any atom is 0.324 e. The lowest BCUT2D eigenvalue weighted by atomic mass is 10.1. The second-order valence-electron chi connectivity index (χ2n) is 9.18. The van der Waals surface area contributed by atoms with Gasteiger partial charge < -0.3 is 24.6 Å². The molecular formula is C25H33N5O3. The minimum atomic E-state index is 0.0388. The van der Waals surface area contributed by atoms with Gasteiger partial charge in [-0.2, -0.15) is 0 Å². The number of carbonyl (C=O) groups is 1. The third-order valence-corrected chi connectivity index (χ3v) is 6.53. The van der Waals surface area contributed by atoms with Gasteiger partial charge in [0.25, 0.3) is 0 Å². The molecule has 4 heterocycles. The van der Waals surface area contributed by atoms with E-state index in [4.69, 9.17) is 9.47 Å². The summed E-state index contributed by atoms with van der Waals surface area (Å²) in [5.74, 6) is 0.803. The standard InChI is InChI=1S/C25H33N5O3/c1-18(2)33-21-7-10-29(11-8-21)25(31)30-17-19-4-3-9-26-24(19)27-22-6-5-20(16-23(22)30)28-12-14-32-15-13-28/h3-6,9,16,18,21H,7-8,10-15,17H2,1-2H3,(H,26,27). The van der Waals surface area contributed by atoms with Crippen LogP contribution in [-0.2, 0) is 16.0 Å². The molecule has 0 bridgehead atoms. The molecule has 2 amide bonds. The number of pyridine rings is 1. The monoisotopic (exact) mass is 451 g/mol. The number of benzene rings is 1. The summed E-state index contributed by atoms with van der Waals surface area (Å²) >= 11 is 0. The van der Waals surface area contributed by atoms with Crippen molar-refractivity contribution in [1.82, 2.24) is 9.88 Å². The van der Waals surface area contributed by atoms with E-state index < -0.39 is 0 Å². The highest BCUT2D eigenvalue weighted by molar-refractivity contribution is 5.98. The van der Waals surface area contributed by atoms with E-state index in [-0.39, 0.29) is 18.2 Å². The quantitative estimate of drug-likeness (QED) is 0.761. The lowest BCUT2D eigenvalue weighted by molar-refractivity contribution is -0.0207. The summed E-state index contributed by atoms with van der Waals surface area (Å²) in [6.07, 6.45) is 3.96. The predicted molar refractivity (Wildman–Crippen MR) is 129 cm³/mol. The third kappa shape index (κ3) is 4.77. The molecule has 3 aliphatic heterocycles. The Morgan fingerprint density at radius 2 is 1.94 bits per heavy atom. The van der Waals surface area contributed by atoms with Gasteiger partial charge >= 0.3 is 6.03 Å². The van der Waals surface area contributed by atoms with E-state index in [2.05, 4.69) is 47.2 Å². The van der Waals surface area contributed by atoms with Gasteiger partial charge in [0.05, 0.1) is 43.3 Å². The fourth-order valence-electron chi connectivity index (χ4n) is 4.84. The Labute approximate surface area is 195 Å². The van der Waals surface area contributed by atoms with E-state index in [9.17, 15) is 4.79 Å². The molecule has 2 aromatic rings. The van der Waals surface area contributed by atoms with E-state index >= 15 is 0 Å². The van der Waals surface area contributed by atoms with Crippen molar-refractivity contribution in [3.05, 3.63) is 42.1 Å². The average Bonchev–Trinajstić information content (AvgIpc) is 3.00. The van der Waals surface area contributed by atoms with Crippen LogP contribution in [0.1, 0.15) is 32.3 Å². The highest BCUT2D eigenvalue weighted by Gasteiger charge is 2.31. The molecule has 8 heteroatoms. The first-order valence-corrected chi connectivity index (χ1v) is 12.0. The number of morpholine rings is 1. The van der Waals surface area contributed by atoms with Crippen molar-refractivity contribution in [1.29, 1.82) is 0 Å². The molecule has 2 saturated heterocycles. The number of carbonyl (C=O) groups excluding carboxylic acids is 1. The van der Waals surface area contributed by atoms with E-state index in [0.29, 0.717) is 19.6 Å². The van der Waals surface area contributed by atoms with Crippen molar-refractivity contribution >= 4 is 28.9 Å². The number of fused-ring (bicyclic) bond motifs is 2. The van der Waals surface area contributed by atoms with Crippen LogP contribution in [0.15, 0.2) is 36.5 Å². The number of amides is 2. The van der Waals surface area contributed by atoms with E-state index in [1.165, 1.54) is 0 Å². The van der Waals surface area contributed by atoms with Crippen LogP contribution in [0.3, 0.4) is 0 Å². The van der Waals surface area contributed by atoms with Crippen molar-refractivity contribution in [3.63, 3.8) is 0 Å². The molecule has 176 valence electrons. The summed E-state index contributed by atoms with van der Waals surface area (Å²) in [5.41, 5.74) is 3.91. The van der Waals surface area contributed by atoms with Gasteiger partial charge in [0.15, 0.2) is 0 Å². The zero-order valence-electron chi connectivity index (χ0n) is 19.5. The summed E-state index contributed by atoms with van der Waals surface area (Å²) < 4.78 is 11.5. The van der Waals surface area contributed by atoms with Crippen molar-refractivity contribution < 1.29 is 14.3 Å². The fraction of sp³-hybridized carbons (Fsp3) is 0.520. The number of hydrogen-bond acceptors (Lipinski definition) is 6. The van der Waals surface area contributed by atoms with Gasteiger partial charge in [-0.3, -0.25) is 4.90 Å². The van der Waals surface area contributed by atoms with Gasteiger partial charge in [0, 0.05) is 43.6 Å². The lowest BCUT2D eigenvalue weighted by Gasteiger charge is -2.36. The Balaban J connectivity index is 1.43. The summed E-state index contributed by atoms with van der Waals surface area (Å²) in [6.45, 7) is 9.18. The van der Waals surface area contributed by atoms with E-state index in [1.807, 2.05) is 21.9 Å². The molecule has 0 radical (unpaired) electrons. The van der Waals surface area contributed by atoms with Crippen LogP contribution < -0.4 is 15.1 Å². The van der Waals surface area contributed by atoms with E-state index in [0.717, 1.165) is 67.6 Å². The molecule has 1 aromatic heterocycles. The molecule has 8 nitrogen and oxygen atoms in total. The Hall–Kier alpha value is -2.84. The second kappa shape index (κ2) is 9.57. The summed E-state index contributed by atoms with van der Waals surface area (Å²) in [5, 5.41) is 3.46. The molecule has 3 aliphatic rings. The molecule has 1 N–H and O–H groups in total. The average molecular weight is 452 g/mol. The number of nitrogens with zero attached hydrogens (tertiary/aromatic N) is 4. The van der Waals surface area contributed by atoms with Crippen LogP contribution in [0.2, 0.25) is 0 Å². The van der Waals surface area contributed by atoms with Crippen LogP contribution in [0.25, 0.3) is 0 Å². The number of likely N-dealkylation sites (tertiary alicyclic amines) is 1. The molecule has 0 spiro atoms. The SMILES string of the molecule is CC(C)OC1CCN(C(=O)N2Cc3cccnc3Nc3ccc(N4CCOCC4)cc32)CC1. The molecule has 5 rings (SSSR count). The number of piperidine rings is 1. The Morgan fingerprint density at radius 1 is 1.15 bits per heavy atom. The fourth-order valence-corrected chi connectivity index (χ4v) is 4.84. The van der Waals surface area contributed by atoms with Crippen molar-refractivity contribution in [2.45, 2.75) is 45.4 Å². The highest BCUT2D eigenvalue weighted by atomic mass is 16.5. The van der Waals surface area contributed by atoms with E-state index in [1.54, 1.807) is 6.20 Å². The van der Waals surface area contributed by atoms with Crippen molar-refractivity contribution in [2.75, 3.05) is 54.5 Å². The first-order valence-electron chi connectivity index (χ1n) is 12.0. The zero-order chi connectivity index (χ0) is 22.8. The number of urea groups is 1. The zero-order valence-corrected chi connectivity index (χ0v) is 19.5. The maximum absolute atomic E-state index is 13.8. The minimum Gasteiger partial charge on any atom is -0.378 e. The molecule has 0 atom stereocenters. The molecule has 33 heavy (non-hydrogen) atoms. The minimum absolute atomic E-state index is 0.0388. The largest absolute Gasteiger partial charge is 0.378 e. The molecule has 1 aromatic carbocycles. The maximum atomic E-state index is 13.8. The smallest absolute Gasteiger partial charge is 0.324 e. The molecule has 2 fully saturated rings. The number of aromatic nitrogens is 1. The summed E-state index contributed by atoms with van der Waals surface area (Å²) in [4.78, 5) is 24.5. The van der Waals surface area contributed by atoms with Crippen molar-refractivity contribution in [3.8, 4) is 0 Å². The third-order valence-electron chi connectivity index (χ3n) is 6.53. The molecule has 0 unspecified atom stereocenters. The van der Waals surface area contributed by atoms with Gasteiger partial charge in [-0.15, -0.1) is 0 Å². The summed E-state index contributed by atoms with van der Waals surface area (Å²) in [6, 6.07) is 10.3. The first-order chi connectivity index (χ1) is 16.1. The molecule has 0 aliphatic carbocycles. The van der Waals surface area contributed by atoms with Gasteiger partial charge in [0.1, 0.15) is 5.82 Å². The van der Waals surface area contributed by atoms with Gasteiger partial charge in [-0.25, -0.2) is 9.78 Å². The normalized spacial score (nSPS) is 19.1. The summed E-state index contributed by atoms with van der Waals surface area (Å²) in [7, 11) is 0.